The van der Waals surface area contributed by atoms with E-state index in [2.05, 4.69) is 218 Å². The standard InChI is InChI=1S/C72H68/c1-5-21-45(22-6-1)49-29-13-17-33-53(49)67-61-41-37-57-59-39-43-63-69(55-35-19-15-31-51(55)47-25-9-3-10-26-47)70(56-36-20-16-32-52(56)48-27-11-4-12-28-48)64-44-40-60(66(59)72(63)64)58-38-42-62(71(61)65(57)58)68(67)54-34-18-14-30-50(54)46-23-7-2-8-24-46/h1-36,57-72H,37-44H2. The van der Waals surface area contributed by atoms with Crippen molar-refractivity contribution in [2.75, 3.05) is 0 Å². The first-order chi connectivity index (χ1) is 35.8. The van der Waals surface area contributed by atoms with Gasteiger partial charge in [-0.1, -0.05) is 218 Å². The Labute approximate surface area is 429 Å². The molecule has 7 fully saturated rings. The maximum absolute atomic E-state index is 2.57. The highest BCUT2D eigenvalue weighted by Crippen LogP contribution is 2.77. The highest BCUT2D eigenvalue weighted by molar-refractivity contribution is 5.73. The van der Waals surface area contributed by atoms with Crippen LogP contribution in [0.3, 0.4) is 0 Å². The molecule has 0 radical (unpaired) electrons. The first-order valence-electron chi connectivity index (χ1n) is 28.4. The van der Waals surface area contributed by atoms with Crippen LogP contribution in [0.5, 0.6) is 0 Å². The molecule has 7 aliphatic carbocycles. The number of rotatable bonds is 8. The third kappa shape index (κ3) is 6.69. The Balaban J connectivity index is 0.851. The van der Waals surface area contributed by atoms with Crippen molar-refractivity contribution < 1.29 is 0 Å². The molecule has 7 aliphatic rings. The summed E-state index contributed by atoms with van der Waals surface area (Å²) in [5, 5.41) is 0. The van der Waals surface area contributed by atoms with Gasteiger partial charge in [-0.2, -0.15) is 0 Å². The van der Waals surface area contributed by atoms with Gasteiger partial charge in [0.15, 0.2) is 0 Å². The van der Waals surface area contributed by atoms with Crippen LogP contribution >= 0.6 is 0 Å². The van der Waals surface area contributed by atoms with Crippen LogP contribution in [0.15, 0.2) is 218 Å². The first kappa shape index (κ1) is 43.4. The van der Waals surface area contributed by atoms with Gasteiger partial charge >= 0.3 is 0 Å². The van der Waals surface area contributed by atoms with Gasteiger partial charge in [0.1, 0.15) is 0 Å². The van der Waals surface area contributed by atoms with Gasteiger partial charge < -0.3 is 0 Å². The van der Waals surface area contributed by atoms with Gasteiger partial charge in [-0.15, -0.1) is 0 Å². The third-order valence-corrected chi connectivity index (χ3v) is 21.5. The summed E-state index contributed by atoms with van der Waals surface area (Å²) in [5.74, 6) is 11.6. The summed E-state index contributed by atoms with van der Waals surface area (Å²) < 4.78 is 0. The highest BCUT2D eigenvalue weighted by atomic mass is 14.7. The average molecular weight is 933 g/mol. The molecule has 12 atom stereocenters. The molecule has 0 aliphatic heterocycles. The SMILES string of the molecule is c1ccc(-c2ccccc2C2C3CCC4C5CCC6C(c7ccccc7-c7ccccc7)C(c7ccccc7-c7ccccc7)C7CCC(C8CCC(C2c2ccccc2-c2ccccc2)C3C48)C5C67)cc1. The topological polar surface area (TPSA) is 0 Å². The molecule has 0 spiro atoms. The van der Waals surface area contributed by atoms with Crippen LogP contribution in [-0.4, -0.2) is 0 Å². The highest BCUT2D eigenvalue weighted by Gasteiger charge is 2.69. The van der Waals surface area contributed by atoms with Crippen molar-refractivity contribution in [1.82, 2.24) is 0 Å². The molecule has 15 rings (SSSR count). The molecule has 0 bridgehead atoms. The fourth-order valence-electron chi connectivity index (χ4n) is 19.7. The molecule has 12 unspecified atom stereocenters. The second-order valence-corrected chi connectivity index (χ2v) is 23.8. The van der Waals surface area contributed by atoms with Gasteiger partial charge in [0, 0.05) is 0 Å². The Morgan fingerprint density at radius 1 is 0.181 bits per heavy atom. The fraction of sp³-hybridized carbons (Fsp3) is 0.333. The largest absolute Gasteiger partial charge is 0.0622 e. The van der Waals surface area contributed by atoms with Crippen molar-refractivity contribution in [3.8, 4) is 44.5 Å². The molecule has 0 N–H and O–H groups in total. The molecule has 72 heavy (non-hydrogen) atoms. The Bertz CT molecular complexity index is 2780. The summed E-state index contributed by atoms with van der Waals surface area (Å²) in [6.07, 6.45) is 11.3. The first-order valence-corrected chi connectivity index (χ1v) is 28.4. The maximum Gasteiger partial charge on any atom is -0.00528 e. The minimum Gasteiger partial charge on any atom is -0.0622 e. The minimum absolute atomic E-state index is 0.510. The van der Waals surface area contributed by atoms with Gasteiger partial charge in [0.05, 0.1) is 0 Å². The lowest BCUT2D eigenvalue weighted by Crippen LogP contribution is -2.59. The van der Waals surface area contributed by atoms with Crippen LogP contribution in [0.25, 0.3) is 44.5 Å². The Kier molecular flexibility index (Phi) is 10.7. The smallest absolute Gasteiger partial charge is 0.00528 e. The normalized spacial score (nSPS) is 33.7. The molecule has 0 aromatic heterocycles. The van der Waals surface area contributed by atoms with E-state index in [0.717, 1.165) is 47.3 Å². The Hall–Kier alpha value is -6.24. The molecule has 0 nitrogen and oxygen atoms in total. The molecule has 0 saturated heterocycles. The van der Waals surface area contributed by atoms with Crippen LogP contribution in [0.2, 0.25) is 0 Å². The van der Waals surface area contributed by atoms with Gasteiger partial charge in [-0.25, -0.2) is 0 Å². The number of hydrogen-bond donors (Lipinski definition) is 0. The zero-order valence-electron chi connectivity index (χ0n) is 41.7. The van der Waals surface area contributed by atoms with Gasteiger partial charge in [-0.3, -0.25) is 0 Å². The second kappa shape index (κ2) is 17.8. The summed E-state index contributed by atoms with van der Waals surface area (Å²) in [5.41, 5.74) is 17.9. The van der Waals surface area contributed by atoms with E-state index in [1.807, 2.05) is 0 Å². The Morgan fingerprint density at radius 3 is 0.597 bits per heavy atom. The summed E-state index contributed by atoms with van der Waals surface area (Å²) in [4.78, 5) is 0. The van der Waals surface area contributed by atoms with Gasteiger partial charge in [0.2, 0.25) is 0 Å². The molecule has 7 saturated carbocycles. The maximum atomic E-state index is 2.57. The van der Waals surface area contributed by atoms with Crippen molar-refractivity contribution in [1.29, 1.82) is 0 Å². The average Bonchev–Trinajstić information content (AvgIpc) is 3.99. The lowest BCUT2D eigenvalue weighted by molar-refractivity contribution is -0.168. The summed E-state index contributed by atoms with van der Waals surface area (Å²) in [6, 6.07) is 84.5. The lowest BCUT2D eigenvalue weighted by atomic mass is 9.40. The van der Waals surface area contributed by atoms with Crippen molar-refractivity contribution in [3.05, 3.63) is 241 Å². The van der Waals surface area contributed by atoms with Crippen LogP contribution in [0, 0.1) is 71.0 Å². The Morgan fingerprint density at radius 2 is 0.361 bits per heavy atom. The van der Waals surface area contributed by atoms with E-state index in [1.165, 1.54) is 95.9 Å². The van der Waals surface area contributed by atoms with E-state index in [9.17, 15) is 0 Å². The predicted octanol–water partition coefficient (Wildman–Crippen LogP) is 18.4. The predicted molar refractivity (Wildman–Crippen MR) is 297 cm³/mol. The van der Waals surface area contributed by atoms with Crippen molar-refractivity contribution >= 4 is 0 Å². The number of fused-ring (bicyclic) bond motifs is 2. The molecule has 0 amide bonds. The molecular weight excluding hydrogens is 865 g/mol. The van der Waals surface area contributed by atoms with E-state index in [0.29, 0.717) is 47.3 Å². The zero-order valence-corrected chi connectivity index (χ0v) is 41.7. The summed E-state index contributed by atoms with van der Waals surface area (Å²) in [7, 11) is 0. The summed E-state index contributed by atoms with van der Waals surface area (Å²) >= 11 is 0. The van der Waals surface area contributed by atoms with Crippen LogP contribution < -0.4 is 0 Å². The zero-order chi connectivity index (χ0) is 47.3. The quantitative estimate of drug-likeness (QED) is 0.142. The fourth-order valence-corrected chi connectivity index (χ4v) is 19.7. The lowest BCUT2D eigenvalue weighted by Gasteiger charge is -2.65. The van der Waals surface area contributed by atoms with Gasteiger partial charge in [-0.05, 0) is 213 Å². The molecule has 8 aromatic rings. The summed E-state index contributed by atoms with van der Waals surface area (Å²) in [6.45, 7) is 0. The van der Waals surface area contributed by atoms with E-state index < -0.39 is 0 Å². The minimum atomic E-state index is 0.510. The van der Waals surface area contributed by atoms with Crippen LogP contribution in [-0.2, 0) is 0 Å². The van der Waals surface area contributed by atoms with Gasteiger partial charge in [0.25, 0.3) is 0 Å². The van der Waals surface area contributed by atoms with E-state index in [4.69, 9.17) is 0 Å². The second-order valence-electron chi connectivity index (χ2n) is 23.8. The monoisotopic (exact) mass is 933 g/mol. The van der Waals surface area contributed by atoms with Crippen molar-refractivity contribution in [2.24, 2.45) is 71.0 Å². The third-order valence-electron chi connectivity index (χ3n) is 21.5. The van der Waals surface area contributed by atoms with Crippen LogP contribution in [0.1, 0.15) is 97.3 Å². The molecular formula is C72H68. The van der Waals surface area contributed by atoms with Crippen molar-refractivity contribution in [2.45, 2.75) is 75.0 Å². The van der Waals surface area contributed by atoms with E-state index in [-0.39, 0.29) is 0 Å². The van der Waals surface area contributed by atoms with Crippen molar-refractivity contribution in [3.63, 3.8) is 0 Å². The molecule has 356 valence electrons. The molecule has 8 aromatic carbocycles. The molecule has 0 heterocycles. The molecule has 0 heteroatoms. The number of hydrogen-bond acceptors (Lipinski definition) is 0. The number of benzene rings is 8. The van der Waals surface area contributed by atoms with Crippen LogP contribution in [0.4, 0.5) is 0 Å². The van der Waals surface area contributed by atoms with E-state index in [1.54, 1.807) is 22.3 Å². The van der Waals surface area contributed by atoms with E-state index >= 15 is 0 Å².